The Kier molecular flexibility index (Phi) is 3.03. The zero-order valence-electron chi connectivity index (χ0n) is 12.0. The SMILES string of the molecule is N#Cc1ccc([C@@H]2NCc3ccccc3-n3cccc32)cc1. The van der Waals surface area contributed by atoms with Gasteiger partial charge in [-0.25, -0.2) is 0 Å². The summed E-state index contributed by atoms with van der Waals surface area (Å²) in [6, 6.07) is 22.8. The van der Waals surface area contributed by atoms with Crippen LogP contribution in [0.4, 0.5) is 0 Å². The van der Waals surface area contributed by atoms with Crippen LogP contribution >= 0.6 is 0 Å². The molecule has 2 heterocycles. The van der Waals surface area contributed by atoms with Gasteiger partial charge in [0.15, 0.2) is 0 Å². The van der Waals surface area contributed by atoms with E-state index in [1.54, 1.807) is 0 Å². The molecule has 1 aliphatic heterocycles. The summed E-state index contributed by atoms with van der Waals surface area (Å²) in [7, 11) is 0. The van der Waals surface area contributed by atoms with E-state index >= 15 is 0 Å². The lowest BCUT2D eigenvalue weighted by atomic mass is 10.0. The fourth-order valence-electron chi connectivity index (χ4n) is 3.10. The molecule has 0 aliphatic carbocycles. The smallest absolute Gasteiger partial charge is 0.0991 e. The Morgan fingerprint density at radius 1 is 1.00 bits per heavy atom. The minimum atomic E-state index is 0.121. The lowest BCUT2D eigenvalue weighted by Gasteiger charge is -2.18. The number of nitrogens with one attached hydrogen (secondary N) is 1. The van der Waals surface area contributed by atoms with E-state index in [0.717, 1.165) is 6.54 Å². The molecule has 22 heavy (non-hydrogen) atoms. The van der Waals surface area contributed by atoms with Gasteiger partial charge in [-0.05, 0) is 41.5 Å². The van der Waals surface area contributed by atoms with Gasteiger partial charge in [0.05, 0.1) is 17.7 Å². The molecule has 1 N–H and O–H groups in total. The Hall–Kier alpha value is -2.83. The van der Waals surface area contributed by atoms with Crippen LogP contribution in [-0.4, -0.2) is 4.57 Å². The van der Waals surface area contributed by atoms with Crippen molar-refractivity contribution in [3.63, 3.8) is 0 Å². The number of aromatic nitrogens is 1. The van der Waals surface area contributed by atoms with E-state index in [9.17, 15) is 0 Å². The van der Waals surface area contributed by atoms with Gasteiger partial charge in [0.2, 0.25) is 0 Å². The molecule has 0 saturated heterocycles. The second-order valence-corrected chi connectivity index (χ2v) is 5.48. The third-order valence-electron chi connectivity index (χ3n) is 4.20. The largest absolute Gasteiger partial charge is 0.319 e. The summed E-state index contributed by atoms with van der Waals surface area (Å²) in [4.78, 5) is 0. The number of benzene rings is 2. The van der Waals surface area contributed by atoms with E-state index in [-0.39, 0.29) is 6.04 Å². The molecule has 4 rings (SSSR count). The van der Waals surface area contributed by atoms with E-state index in [1.807, 2.05) is 24.3 Å². The van der Waals surface area contributed by atoms with E-state index in [4.69, 9.17) is 5.26 Å². The molecule has 106 valence electrons. The van der Waals surface area contributed by atoms with Crippen molar-refractivity contribution in [1.29, 1.82) is 5.26 Å². The summed E-state index contributed by atoms with van der Waals surface area (Å²) in [5.41, 5.74) is 5.60. The van der Waals surface area contributed by atoms with Crippen molar-refractivity contribution in [3.05, 3.63) is 89.2 Å². The van der Waals surface area contributed by atoms with Crippen LogP contribution in [0.3, 0.4) is 0 Å². The molecule has 1 aliphatic rings. The summed E-state index contributed by atoms with van der Waals surface area (Å²) in [6.45, 7) is 0.822. The quantitative estimate of drug-likeness (QED) is 0.743. The Morgan fingerprint density at radius 3 is 2.64 bits per heavy atom. The zero-order valence-corrected chi connectivity index (χ0v) is 12.0. The lowest BCUT2D eigenvalue weighted by molar-refractivity contribution is 0.601. The molecular formula is C19H15N3. The molecule has 3 aromatic rings. The van der Waals surface area contributed by atoms with Crippen LogP contribution < -0.4 is 5.32 Å². The minimum absolute atomic E-state index is 0.121. The average molecular weight is 285 g/mol. The molecular weight excluding hydrogens is 270 g/mol. The highest BCUT2D eigenvalue weighted by molar-refractivity contribution is 5.47. The number of rotatable bonds is 1. The third kappa shape index (κ3) is 2.02. The van der Waals surface area contributed by atoms with Gasteiger partial charge in [0.1, 0.15) is 0 Å². The van der Waals surface area contributed by atoms with Crippen LogP contribution in [0.5, 0.6) is 0 Å². The van der Waals surface area contributed by atoms with Gasteiger partial charge in [0, 0.05) is 24.1 Å². The number of hydrogen-bond acceptors (Lipinski definition) is 2. The van der Waals surface area contributed by atoms with Gasteiger partial charge in [0.25, 0.3) is 0 Å². The minimum Gasteiger partial charge on any atom is -0.319 e. The fourth-order valence-corrected chi connectivity index (χ4v) is 3.10. The van der Waals surface area contributed by atoms with Crippen molar-refractivity contribution in [3.8, 4) is 11.8 Å². The second kappa shape index (κ2) is 5.18. The topological polar surface area (TPSA) is 40.8 Å². The van der Waals surface area contributed by atoms with Gasteiger partial charge >= 0.3 is 0 Å². The summed E-state index contributed by atoms with van der Waals surface area (Å²) >= 11 is 0. The number of hydrogen-bond donors (Lipinski definition) is 1. The second-order valence-electron chi connectivity index (χ2n) is 5.48. The first-order valence-corrected chi connectivity index (χ1v) is 7.36. The van der Waals surface area contributed by atoms with Gasteiger partial charge in [-0.3, -0.25) is 0 Å². The van der Waals surface area contributed by atoms with Crippen molar-refractivity contribution in [1.82, 2.24) is 9.88 Å². The van der Waals surface area contributed by atoms with Crippen molar-refractivity contribution in [2.75, 3.05) is 0 Å². The average Bonchev–Trinajstić information content (AvgIpc) is 3.00. The molecule has 0 unspecified atom stereocenters. The molecule has 0 radical (unpaired) electrons. The number of nitrogens with zero attached hydrogens (tertiary/aromatic N) is 2. The maximum atomic E-state index is 8.96. The Bertz CT molecular complexity index is 853. The number of para-hydroxylation sites is 1. The molecule has 1 atom stereocenters. The predicted molar refractivity (Wildman–Crippen MR) is 85.6 cm³/mol. The molecule has 0 bridgehead atoms. The Balaban J connectivity index is 1.82. The van der Waals surface area contributed by atoms with Crippen molar-refractivity contribution in [2.45, 2.75) is 12.6 Å². The van der Waals surface area contributed by atoms with Crippen LogP contribution in [0.1, 0.15) is 28.4 Å². The highest BCUT2D eigenvalue weighted by Crippen LogP contribution is 2.30. The first kappa shape index (κ1) is 12.9. The van der Waals surface area contributed by atoms with Crippen molar-refractivity contribution < 1.29 is 0 Å². The Morgan fingerprint density at radius 2 is 1.82 bits per heavy atom. The van der Waals surface area contributed by atoms with Crippen LogP contribution in [-0.2, 0) is 6.54 Å². The highest BCUT2D eigenvalue weighted by atomic mass is 15.1. The van der Waals surface area contributed by atoms with Crippen molar-refractivity contribution in [2.24, 2.45) is 0 Å². The molecule has 3 heteroatoms. The van der Waals surface area contributed by atoms with E-state index < -0.39 is 0 Å². The zero-order chi connectivity index (χ0) is 14.9. The Labute approximate surface area is 129 Å². The van der Waals surface area contributed by atoms with Crippen LogP contribution in [0.25, 0.3) is 5.69 Å². The van der Waals surface area contributed by atoms with Crippen LogP contribution in [0.2, 0.25) is 0 Å². The summed E-state index contributed by atoms with van der Waals surface area (Å²) < 4.78 is 2.25. The standard InChI is InChI=1S/C19H15N3/c20-12-14-7-9-15(10-8-14)19-18-6-3-11-22(18)17-5-2-1-4-16(17)13-21-19/h1-11,19,21H,13H2/t19-/m0/s1. The summed E-state index contributed by atoms with van der Waals surface area (Å²) in [5.74, 6) is 0. The molecule has 1 aromatic heterocycles. The maximum absolute atomic E-state index is 8.96. The summed E-state index contributed by atoms with van der Waals surface area (Å²) in [6.07, 6.45) is 2.11. The normalized spacial score (nSPS) is 16.2. The van der Waals surface area contributed by atoms with Gasteiger partial charge in [-0.15, -0.1) is 0 Å². The van der Waals surface area contributed by atoms with Crippen LogP contribution in [0.15, 0.2) is 66.9 Å². The number of fused-ring (bicyclic) bond motifs is 3. The summed E-state index contributed by atoms with van der Waals surface area (Å²) in [5, 5.41) is 12.6. The lowest BCUT2D eigenvalue weighted by Crippen LogP contribution is -2.21. The fraction of sp³-hybridized carbons (Fsp3) is 0.105. The highest BCUT2D eigenvalue weighted by Gasteiger charge is 2.22. The van der Waals surface area contributed by atoms with E-state index in [2.05, 4.69) is 58.5 Å². The molecule has 0 spiro atoms. The predicted octanol–water partition coefficient (Wildman–Crippen LogP) is 3.54. The number of nitriles is 1. The van der Waals surface area contributed by atoms with Gasteiger partial charge in [-0.1, -0.05) is 30.3 Å². The molecule has 0 fully saturated rings. The van der Waals surface area contributed by atoms with Crippen molar-refractivity contribution >= 4 is 0 Å². The van der Waals surface area contributed by atoms with Gasteiger partial charge < -0.3 is 9.88 Å². The van der Waals surface area contributed by atoms with Gasteiger partial charge in [-0.2, -0.15) is 5.26 Å². The van der Waals surface area contributed by atoms with Crippen LogP contribution in [0, 0.1) is 11.3 Å². The first-order chi connectivity index (χ1) is 10.9. The molecule has 3 nitrogen and oxygen atoms in total. The maximum Gasteiger partial charge on any atom is 0.0991 e. The first-order valence-electron chi connectivity index (χ1n) is 7.36. The molecule has 2 aromatic carbocycles. The third-order valence-corrected chi connectivity index (χ3v) is 4.20. The van der Waals surface area contributed by atoms with E-state index in [1.165, 1.54) is 22.5 Å². The molecule has 0 amide bonds. The molecule has 0 saturated carbocycles. The monoisotopic (exact) mass is 285 g/mol. The van der Waals surface area contributed by atoms with E-state index in [0.29, 0.717) is 5.56 Å².